The van der Waals surface area contributed by atoms with E-state index in [4.69, 9.17) is 0 Å². The summed E-state index contributed by atoms with van der Waals surface area (Å²) in [5.41, 5.74) is 1.40. The molecule has 0 saturated carbocycles. The summed E-state index contributed by atoms with van der Waals surface area (Å²) in [6.07, 6.45) is 2.63. The maximum absolute atomic E-state index is 3.59. The Labute approximate surface area is 132 Å². The van der Waals surface area contributed by atoms with Gasteiger partial charge in [0.25, 0.3) is 0 Å². The molecule has 0 aromatic heterocycles. The number of rotatable bonds is 5. The summed E-state index contributed by atoms with van der Waals surface area (Å²) in [6.45, 7) is 10.5. The molecule has 3 heteroatoms. The van der Waals surface area contributed by atoms with Gasteiger partial charge < -0.3 is 5.32 Å². The third-order valence-corrected chi connectivity index (χ3v) is 4.91. The van der Waals surface area contributed by atoms with E-state index in [2.05, 4.69) is 71.2 Å². The van der Waals surface area contributed by atoms with Crippen molar-refractivity contribution in [1.82, 2.24) is 10.2 Å². The van der Waals surface area contributed by atoms with Gasteiger partial charge in [-0.25, -0.2) is 0 Å². The van der Waals surface area contributed by atoms with E-state index in [1.165, 1.54) is 42.5 Å². The molecule has 1 N–H and O–H groups in total. The van der Waals surface area contributed by atoms with Gasteiger partial charge in [0, 0.05) is 23.1 Å². The predicted octanol–water partition coefficient (Wildman–Crippen LogP) is 4.22. The van der Waals surface area contributed by atoms with Gasteiger partial charge in [0.2, 0.25) is 0 Å². The molecule has 0 bridgehead atoms. The number of nitrogens with zero attached hydrogens (tertiary/aromatic N) is 1. The van der Waals surface area contributed by atoms with Crippen LogP contribution in [0.25, 0.3) is 0 Å². The lowest BCUT2D eigenvalue weighted by atomic mass is 9.95. The molecule has 1 fully saturated rings. The smallest absolute Gasteiger partial charge is 0.0323 e. The molecule has 1 heterocycles. The molecule has 2 nitrogen and oxygen atoms in total. The first-order valence-corrected chi connectivity index (χ1v) is 8.59. The summed E-state index contributed by atoms with van der Waals surface area (Å²) in [5, 5.41) is 3.46. The first-order valence-electron chi connectivity index (χ1n) is 7.80. The molecule has 1 aliphatic rings. The second kappa shape index (κ2) is 7.58. The van der Waals surface area contributed by atoms with Crippen LogP contribution in [-0.4, -0.2) is 30.6 Å². The van der Waals surface area contributed by atoms with Crippen molar-refractivity contribution in [2.75, 3.05) is 19.6 Å². The molecule has 20 heavy (non-hydrogen) atoms. The Bertz CT molecular complexity index is 413. The van der Waals surface area contributed by atoms with Gasteiger partial charge in [0.05, 0.1) is 0 Å². The van der Waals surface area contributed by atoms with Crippen LogP contribution in [0.5, 0.6) is 0 Å². The first kappa shape index (κ1) is 16.0. The standard InChI is InChI=1S/C17H27BrN2/c1-13(2)20(12-15-7-9-19-10-8-15)14(3)16-5-4-6-17(18)11-16/h4-6,11,13-15,19H,7-10,12H2,1-3H3. The van der Waals surface area contributed by atoms with E-state index in [1.807, 2.05) is 0 Å². The number of nitrogens with one attached hydrogen (secondary N) is 1. The zero-order chi connectivity index (χ0) is 14.5. The van der Waals surface area contributed by atoms with E-state index in [-0.39, 0.29) is 0 Å². The third kappa shape index (κ3) is 4.31. The zero-order valence-corrected chi connectivity index (χ0v) is 14.5. The molecule has 0 aliphatic carbocycles. The average molecular weight is 339 g/mol. The van der Waals surface area contributed by atoms with Crippen molar-refractivity contribution in [3.05, 3.63) is 34.3 Å². The molecular weight excluding hydrogens is 312 g/mol. The quantitative estimate of drug-likeness (QED) is 0.864. The van der Waals surface area contributed by atoms with Crippen molar-refractivity contribution in [1.29, 1.82) is 0 Å². The Hall–Kier alpha value is -0.380. The third-order valence-electron chi connectivity index (χ3n) is 4.42. The Morgan fingerprint density at radius 3 is 2.55 bits per heavy atom. The summed E-state index contributed by atoms with van der Waals surface area (Å²) < 4.78 is 1.17. The number of benzene rings is 1. The minimum absolute atomic E-state index is 0.474. The van der Waals surface area contributed by atoms with Crippen molar-refractivity contribution in [2.45, 2.75) is 45.7 Å². The van der Waals surface area contributed by atoms with E-state index in [1.54, 1.807) is 0 Å². The van der Waals surface area contributed by atoms with Crippen LogP contribution in [0.4, 0.5) is 0 Å². The normalized spacial score (nSPS) is 18.7. The minimum atomic E-state index is 0.474. The molecule has 1 aliphatic heterocycles. The molecule has 0 amide bonds. The van der Waals surface area contributed by atoms with Crippen molar-refractivity contribution in [3.63, 3.8) is 0 Å². The monoisotopic (exact) mass is 338 g/mol. The second-order valence-electron chi connectivity index (χ2n) is 6.21. The highest BCUT2D eigenvalue weighted by atomic mass is 79.9. The lowest BCUT2D eigenvalue weighted by molar-refractivity contribution is 0.125. The second-order valence-corrected chi connectivity index (χ2v) is 7.13. The van der Waals surface area contributed by atoms with Gasteiger partial charge in [-0.15, -0.1) is 0 Å². The molecule has 1 aromatic rings. The fourth-order valence-corrected chi connectivity index (χ4v) is 3.55. The van der Waals surface area contributed by atoms with Crippen LogP contribution in [0.15, 0.2) is 28.7 Å². The van der Waals surface area contributed by atoms with Crippen molar-refractivity contribution >= 4 is 15.9 Å². The zero-order valence-electron chi connectivity index (χ0n) is 12.9. The highest BCUT2D eigenvalue weighted by Crippen LogP contribution is 2.27. The van der Waals surface area contributed by atoms with Gasteiger partial charge in [-0.05, 0) is 70.3 Å². The molecule has 1 aromatic carbocycles. The summed E-state index contributed by atoms with van der Waals surface area (Å²) in [6, 6.07) is 9.79. The van der Waals surface area contributed by atoms with Crippen LogP contribution in [0, 0.1) is 5.92 Å². The Balaban J connectivity index is 2.07. The van der Waals surface area contributed by atoms with Crippen LogP contribution in [0.1, 0.15) is 45.2 Å². The summed E-state index contributed by atoms with van der Waals surface area (Å²) in [5.74, 6) is 0.841. The fourth-order valence-electron chi connectivity index (χ4n) is 3.14. The van der Waals surface area contributed by atoms with Gasteiger partial charge in [0.15, 0.2) is 0 Å². The van der Waals surface area contributed by atoms with Gasteiger partial charge >= 0.3 is 0 Å². The maximum atomic E-state index is 3.59. The van der Waals surface area contributed by atoms with Gasteiger partial charge in [-0.1, -0.05) is 28.1 Å². The molecule has 0 spiro atoms. The Kier molecular flexibility index (Phi) is 6.06. The largest absolute Gasteiger partial charge is 0.317 e. The topological polar surface area (TPSA) is 15.3 Å². The summed E-state index contributed by atoms with van der Waals surface area (Å²) in [7, 11) is 0. The summed E-state index contributed by atoms with van der Waals surface area (Å²) >= 11 is 3.59. The van der Waals surface area contributed by atoms with Gasteiger partial charge in [-0.3, -0.25) is 4.90 Å². The van der Waals surface area contributed by atoms with E-state index in [9.17, 15) is 0 Å². The van der Waals surface area contributed by atoms with E-state index in [0.29, 0.717) is 12.1 Å². The predicted molar refractivity (Wildman–Crippen MR) is 90.0 cm³/mol. The summed E-state index contributed by atoms with van der Waals surface area (Å²) in [4.78, 5) is 2.65. The molecule has 2 rings (SSSR count). The van der Waals surface area contributed by atoms with E-state index in [0.717, 1.165) is 5.92 Å². The molecular formula is C17H27BrN2. The maximum Gasteiger partial charge on any atom is 0.0323 e. The fraction of sp³-hybridized carbons (Fsp3) is 0.647. The minimum Gasteiger partial charge on any atom is -0.317 e. The van der Waals surface area contributed by atoms with Crippen molar-refractivity contribution in [2.24, 2.45) is 5.92 Å². The average Bonchev–Trinajstić information content (AvgIpc) is 2.45. The molecule has 112 valence electrons. The van der Waals surface area contributed by atoms with Gasteiger partial charge in [0.1, 0.15) is 0 Å². The number of hydrogen-bond acceptors (Lipinski definition) is 2. The van der Waals surface area contributed by atoms with Crippen molar-refractivity contribution < 1.29 is 0 Å². The Morgan fingerprint density at radius 2 is 1.95 bits per heavy atom. The van der Waals surface area contributed by atoms with Crippen LogP contribution in [0.3, 0.4) is 0 Å². The highest BCUT2D eigenvalue weighted by Gasteiger charge is 2.23. The number of halogens is 1. The van der Waals surface area contributed by atoms with E-state index < -0.39 is 0 Å². The molecule has 1 atom stereocenters. The number of piperidine rings is 1. The lowest BCUT2D eigenvalue weighted by Crippen LogP contribution is -2.40. The number of hydrogen-bond donors (Lipinski definition) is 1. The van der Waals surface area contributed by atoms with Crippen molar-refractivity contribution in [3.8, 4) is 0 Å². The molecule has 0 radical (unpaired) electrons. The van der Waals surface area contributed by atoms with Crippen LogP contribution < -0.4 is 5.32 Å². The van der Waals surface area contributed by atoms with Crippen LogP contribution in [-0.2, 0) is 0 Å². The highest BCUT2D eigenvalue weighted by molar-refractivity contribution is 9.10. The molecule has 1 unspecified atom stereocenters. The molecule has 1 saturated heterocycles. The van der Waals surface area contributed by atoms with Gasteiger partial charge in [-0.2, -0.15) is 0 Å². The first-order chi connectivity index (χ1) is 9.58. The van der Waals surface area contributed by atoms with E-state index >= 15 is 0 Å². The Morgan fingerprint density at radius 1 is 1.25 bits per heavy atom. The lowest BCUT2D eigenvalue weighted by Gasteiger charge is -2.37. The van der Waals surface area contributed by atoms with Crippen LogP contribution >= 0.6 is 15.9 Å². The SMILES string of the molecule is CC(C)N(CC1CCNCC1)C(C)c1cccc(Br)c1. The van der Waals surface area contributed by atoms with Crippen LogP contribution in [0.2, 0.25) is 0 Å².